The molecule has 0 aliphatic heterocycles. The number of rotatable bonds is 3. The van der Waals surface area contributed by atoms with Crippen molar-refractivity contribution in [2.24, 2.45) is 0 Å². The molecular weight excluding hydrogens is 242 g/mol. The lowest BCUT2D eigenvalue weighted by molar-refractivity contribution is 0.291. The molecule has 0 atom stereocenters. The number of halogens is 2. The van der Waals surface area contributed by atoms with Gasteiger partial charge in [-0.2, -0.15) is 0 Å². The van der Waals surface area contributed by atoms with E-state index in [1.54, 1.807) is 18.2 Å². The summed E-state index contributed by atoms with van der Waals surface area (Å²) >= 11 is 4.13. The van der Waals surface area contributed by atoms with E-state index in [-0.39, 0.29) is 12.4 Å². The van der Waals surface area contributed by atoms with Crippen molar-refractivity contribution >= 4 is 12.6 Å². The molecule has 0 spiro atoms. The zero-order valence-electron chi connectivity index (χ0n) is 8.86. The second-order valence-electron chi connectivity index (χ2n) is 3.49. The van der Waals surface area contributed by atoms with Crippen LogP contribution in [-0.2, 0) is 6.61 Å². The number of ether oxygens (including phenoxy) is 1. The molecule has 0 unspecified atom stereocenters. The highest BCUT2D eigenvalue weighted by Crippen LogP contribution is 2.24. The van der Waals surface area contributed by atoms with E-state index in [4.69, 9.17) is 4.74 Å². The van der Waals surface area contributed by atoms with E-state index >= 15 is 0 Å². The molecule has 0 radical (unpaired) electrons. The maximum Gasteiger partial charge on any atom is 0.136 e. The van der Waals surface area contributed by atoms with Crippen LogP contribution in [0.5, 0.6) is 5.75 Å². The predicted octanol–water partition coefficient (Wildman–Crippen LogP) is 3.83. The maximum absolute atomic E-state index is 13.3. The molecule has 2 aromatic rings. The quantitative estimate of drug-likeness (QED) is 0.817. The van der Waals surface area contributed by atoms with Crippen molar-refractivity contribution in [3.63, 3.8) is 0 Å². The summed E-state index contributed by atoms with van der Waals surface area (Å²) in [4.78, 5) is 0.516. The molecule has 0 N–H and O–H groups in total. The Bertz CT molecular complexity index is 529. The number of hydrogen-bond donors (Lipinski definition) is 1. The average molecular weight is 252 g/mol. The number of benzene rings is 2. The van der Waals surface area contributed by atoms with Crippen molar-refractivity contribution in [3.05, 3.63) is 59.7 Å². The Morgan fingerprint density at radius 2 is 1.82 bits per heavy atom. The van der Waals surface area contributed by atoms with Gasteiger partial charge in [-0.1, -0.05) is 18.2 Å². The van der Waals surface area contributed by atoms with Gasteiger partial charge in [-0.05, 0) is 18.2 Å². The smallest absolute Gasteiger partial charge is 0.136 e. The van der Waals surface area contributed by atoms with E-state index in [1.165, 1.54) is 24.3 Å². The van der Waals surface area contributed by atoms with Crippen LogP contribution >= 0.6 is 12.6 Å². The van der Waals surface area contributed by atoms with Gasteiger partial charge in [0.15, 0.2) is 0 Å². The molecule has 0 aliphatic rings. The average Bonchev–Trinajstić information content (AvgIpc) is 2.32. The summed E-state index contributed by atoms with van der Waals surface area (Å²) in [6, 6.07) is 10.3. The van der Waals surface area contributed by atoms with Crippen LogP contribution in [0, 0.1) is 11.6 Å². The summed E-state index contributed by atoms with van der Waals surface area (Å²) in [6.45, 7) is 0.0453. The monoisotopic (exact) mass is 252 g/mol. The molecule has 1 nitrogen and oxygen atoms in total. The second-order valence-corrected chi connectivity index (χ2v) is 3.97. The topological polar surface area (TPSA) is 9.23 Å². The molecule has 0 fully saturated rings. The van der Waals surface area contributed by atoms with Gasteiger partial charge < -0.3 is 4.74 Å². The summed E-state index contributed by atoms with van der Waals surface area (Å²) in [6.07, 6.45) is 0. The molecule has 0 heterocycles. The first-order chi connectivity index (χ1) is 8.16. The Morgan fingerprint density at radius 1 is 1.06 bits per heavy atom. The predicted molar refractivity (Wildman–Crippen MR) is 64.4 cm³/mol. The zero-order valence-corrected chi connectivity index (χ0v) is 9.75. The Morgan fingerprint density at radius 3 is 2.59 bits per heavy atom. The van der Waals surface area contributed by atoms with Crippen LogP contribution in [-0.4, -0.2) is 0 Å². The molecule has 17 heavy (non-hydrogen) atoms. The Hall–Kier alpha value is -1.55. The van der Waals surface area contributed by atoms with Crippen LogP contribution in [0.25, 0.3) is 0 Å². The minimum absolute atomic E-state index is 0.0453. The summed E-state index contributed by atoms with van der Waals surface area (Å²) < 4.78 is 31.6. The van der Waals surface area contributed by atoms with Crippen LogP contribution in [0.3, 0.4) is 0 Å². The van der Waals surface area contributed by atoms with Crippen molar-refractivity contribution in [3.8, 4) is 5.75 Å². The number of thiol groups is 1. The van der Waals surface area contributed by atoms with E-state index < -0.39 is 5.82 Å². The number of hydrogen-bond acceptors (Lipinski definition) is 2. The first-order valence-corrected chi connectivity index (χ1v) is 5.46. The fraction of sp³-hybridized carbons (Fsp3) is 0.0769. The summed E-state index contributed by atoms with van der Waals surface area (Å²) in [5.74, 6) is -0.451. The van der Waals surface area contributed by atoms with Gasteiger partial charge in [-0.15, -0.1) is 12.6 Å². The van der Waals surface area contributed by atoms with Gasteiger partial charge in [-0.25, -0.2) is 8.78 Å². The van der Waals surface area contributed by atoms with Crippen LogP contribution in [0.2, 0.25) is 0 Å². The standard InChI is InChI=1S/C13H10F2OS/c14-10-5-6-13(17)12(7-10)16-8-9-3-1-2-4-11(9)15/h1-7,17H,8H2. The van der Waals surface area contributed by atoms with Crippen LogP contribution in [0.1, 0.15) is 5.56 Å². The normalized spacial score (nSPS) is 10.3. The van der Waals surface area contributed by atoms with Crippen LogP contribution in [0.15, 0.2) is 47.4 Å². The van der Waals surface area contributed by atoms with Crippen molar-refractivity contribution in [1.29, 1.82) is 0 Å². The minimum atomic E-state index is -0.411. The molecule has 4 heteroatoms. The maximum atomic E-state index is 13.3. The molecule has 0 aliphatic carbocycles. The summed E-state index contributed by atoms with van der Waals surface area (Å²) in [5, 5.41) is 0. The molecule has 0 amide bonds. The van der Waals surface area contributed by atoms with Gasteiger partial charge >= 0.3 is 0 Å². The van der Waals surface area contributed by atoms with E-state index in [1.807, 2.05) is 0 Å². The summed E-state index contributed by atoms with van der Waals surface area (Å²) in [5.41, 5.74) is 0.421. The lowest BCUT2D eigenvalue weighted by Gasteiger charge is -2.09. The van der Waals surface area contributed by atoms with Crippen molar-refractivity contribution in [1.82, 2.24) is 0 Å². The van der Waals surface area contributed by atoms with Crippen molar-refractivity contribution in [2.75, 3.05) is 0 Å². The highest BCUT2D eigenvalue weighted by molar-refractivity contribution is 7.80. The third-order valence-corrected chi connectivity index (χ3v) is 2.63. The third-order valence-electron chi connectivity index (χ3n) is 2.26. The Kier molecular flexibility index (Phi) is 3.64. The van der Waals surface area contributed by atoms with Crippen LogP contribution in [0.4, 0.5) is 8.78 Å². The zero-order chi connectivity index (χ0) is 12.3. The fourth-order valence-corrected chi connectivity index (χ4v) is 1.58. The fourth-order valence-electron chi connectivity index (χ4n) is 1.37. The molecule has 0 saturated heterocycles. The van der Waals surface area contributed by atoms with Gasteiger partial charge in [0.1, 0.15) is 24.0 Å². The summed E-state index contributed by atoms with van der Waals surface area (Å²) in [7, 11) is 0. The first kappa shape index (κ1) is 11.9. The SMILES string of the molecule is Fc1ccc(S)c(OCc2ccccc2F)c1. The van der Waals surface area contributed by atoms with Gasteiger partial charge in [0, 0.05) is 16.5 Å². The largest absolute Gasteiger partial charge is 0.488 e. The minimum Gasteiger partial charge on any atom is -0.488 e. The van der Waals surface area contributed by atoms with E-state index in [0.717, 1.165) is 0 Å². The van der Waals surface area contributed by atoms with Crippen molar-refractivity contribution in [2.45, 2.75) is 11.5 Å². The highest BCUT2D eigenvalue weighted by atomic mass is 32.1. The molecular formula is C13H10F2OS. The molecule has 2 aromatic carbocycles. The second kappa shape index (κ2) is 5.19. The highest BCUT2D eigenvalue weighted by Gasteiger charge is 2.05. The molecule has 0 aromatic heterocycles. The van der Waals surface area contributed by atoms with Crippen LogP contribution < -0.4 is 4.74 Å². The lowest BCUT2D eigenvalue weighted by Crippen LogP contribution is -1.99. The molecule has 88 valence electrons. The Labute approximate surface area is 103 Å². The first-order valence-electron chi connectivity index (χ1n) is 5.01. The van der Waals surface area contributed by atoms with Gasteiger partial charge in [0.2, 0.25) is 0 Å². The van der Waals surface area contributed by atoms with E-state index in [0.29, 0.717) is 16.2 Å². The lowest BCUT2D eigenvalue weighted by atomic mass is 10.2. The van der Waals surface area contributed by atoms with Crippen molar-refractivity contribution < 1.29 is 13.5 Å². The van der Waals surface area contributed by atoms with Gasteiger partial charge in [-0.3, -0.25) is 0 Å². The third kappa shape index (κ3) is 2.97. The van der Waals surface area contributed by atoms with Gasteiger partial charge in [0.05, 0.1) is 0 Å². The Balaban J connectivity index is 2.12. The van der Waals surface area contributed by atoms with E-state index in [9.17, 15) is 8.78 Å². The van der Waals surface area contributed by atoms with E-state index in [2.05, 4.69) is 12.6 Å². The molecule has 0 bridgehead atoms. The van der Waals surface area contributed by atoms with Gasteiger partial charge in [0.25, 0.3) is 0 Å². The molecule has 0 saturated carbocycles. The molecule has 2 rings (SSSR count).